The van der Waals surface area contributed by atoms with Gasteiger partial charge in [-0.15, -0.1) is 11.3 Å². The standard InChI is InChI=1S/C19H18N4O3S/c1-13-3-5-15(6-4-13)11-23-7-8-27-19(23)22-17(24)12-26-18(25)16-10-20-14(2)9-21-16/h3-10H,11-12H2,1-2H3. The van der Waals surface area contributed by atoms with Gasteiger partial charge in [0.05, 0.1) is 11.9 Å². The maximum atomic E-state index is 12.1. The molecule has 0 radical (unpaired) electrons. The smallest absolute Gasteiger partial charge is 0.359 e. The predicted octanol–water partition coefficient (Wildman–Crippen LogP) is 2.29. The molecule has 0 unspecified atom stereocenters. The van der Waals surface area contributed by atoms with Crippen LogP contribution in [0.5, 0.6) is 0 Å². The Hall–Kier alpha value is -3.13. The topological polar surface area (TPSA) is 86.4 Å². The van der Waals surface area contributed by atoms with Crippen LogP contribution in [0.2, 0.25) is 0 Å². The first-order valence-electron chi connectivity index (χ1n) is 8.24. The van der Waals surface area contributed by atoms with Crippen LogP contribution in [-0.2, 0) is 16.1 Å². The van der Waals surface area contributed by atoms with E-state index in [1.807, 2.05) is 47.3 Å². The lowest BCUT2D eigenvalue weighted by atomic mass is 10.1. The fraction of sp³-hybridized carbons (Fsp3) is 0.211. The van der Waals surface area contributed by atoms with Gasteiger partial charge in [-0.25, -0.2) is 9.78 Å². The molecule has 0 N–H and O–H groups in total. The number of rotatable bonds is 5. The molecule has 0 fully saturated rings. The van der Waals surface area contributed by atoms with Crippen molar-refractivity contribution in [1.82, 2.24) is 14.5 Å². The van der Waals surface area contributed by atoms with Gasteiger partial charge in [0.2, 0.25) is 0 Å². The number of nitrogens with zero attached hydrogens (tertiary/aromatic N) is 4. The highest BCUT2D eigenvalue weighted by molar-refractivity contribution is 7.07. The number of thiazole rings is 1. The number of aromatic nitrogens is 3. The van der Waals surface area contributed by atoms with Gasteiger partial charge in [-0.3, -0.25) is 9.78 Å². The summed E-state index contributed by atoms with van der Waals surface area (Å²) in [6, 6.07) is 8.15. The van der Waals surface area contributed by atoms with Crippen molar-refractivity contribution in [3.05, 3.63) is 75.6 Å². The molecule has 0 spiro atoms. The molecule has 2 heterocycles. The summed E-state index contributed by atoms with van der Waals surface area (Å²) in [6.07, 6.45) is 4.64. The zero-order chi connectivity index (χ0) is 19.2. The van der Waals surface area contributed by atoms with Gasteiger partial charge in [0.25, 0.3) is 5.91 Å². The van der Waals surface area contributed by atoms with E-state index in [1.54, 1.807) is 6.92 Å². The second-order valence-corrected chi connectivity index (χ2v) is 6.80. The molecule has 27 heavy (non-hydrogen) atoms. The molecular weight excluding hydrogens is 364 g/mol. The normalized spacial score (nSPS) is 11.4. The summed E-state index contributed by atoms with van der Waals surface area (Å²) in [5.41, 5.74) is 3.04. The highest BCUT2D eigenvalue weighted by atomic mass is 32.1. The molecule has 3 rings (SSSR count). The third-order valence-corrected chi connectivity index (χ3v) is 4.47. The van der Waals surface area contributed by atoms with Crippen LogP contribution in [0.3, 0.4) is 0 Å². The molecule has 0 aliphatic heterocycles. The summed E-state index contributed by atoms with van der Waals surface area (Å²) in [5.74, 6) is -1.24. The molecule has 0 atom stereocenters. The SMILES string of the molecule is Cc1ccc(Cn2ccsc2=NC(=O)COC(=O)c2cnc(C)cn2)cc1. The number of benzene rings is 1. The molecule has 1 aromatic carbocycles. The lowest BCUT2D eigenvalue weighted by Crippen LogP contribution is -2.20. The number of hydrogen-bond acceptors (Lipinski definition) is 6. The van der Waals surface area contributed by atoms with Crippen LogP contribution in [0.15, 0.2) is 53.2 Å². The Morgan fingerprint density at radius 3 is 2.63 bits per heavy atom. The van der Waals surface area contributed by atoms with Gasteiger partial charge in [-0.05, 0) is 19.4 Å². The van der Waals surface area contributed by atoms with Crippen LogP contribution < -0.4 is 4.80 Å². The van der Waals surface area contributed by atoms with Crippen molar-refractivity contribution in [1.29, 1.82) is 0 Å². The van der Waals surface area contributed by atoms with Crippen molar-refractivity contribution in [3.63, 3.8) is 0 Å². The molecule has 1 amide bonds. The summed E-state index contributed by atoms with van der Waals surface area (Å²) < 4.78 is 6.84. The van der Waals surface area contributed by atoms with E-state index in [0.717, 1.165) is 5.56 Å². The maximum absolute atomic E-state index is 12.1. The van der Waals surface area contributed by atoms with Gasteiger partial charge in [0, 0.05) is 24.3 Å². The van der Waals surface area contributed by atoms with Crippen LogP contribution in [0.1, 0.15) is 27.3 Å². The minimum Gasteiger partial charge on any atom is -0.451 e. The van der Waals surface area contributed by atoms with E-state index < -0.39 is 18.5 Å². The summed E-state index contributed by atoms with van der Waals surface area (Å²) in [5, 5.41) is 1.86. The van der Waals surface area contributed by atoms with Crippen LogP contribution in [-0.4, -0.2) is 33.0 Å². The highest BCUT2D eigenvalue weighted by Gasteiger charge is 2.11. The molecular formula is C19H18N4O3S. The van der Waals surface area contributed by atoms with Crippen molar-refractivity contribution in [2.45, 2.75) is 20.4 Å². The van der Waals surface area contributed by atoms with Crippen molar-refractivity contribution in [2.24, 2.45) is 4.99 Å². The molecule has 3 aromatic rings. The van der Waals surface area contributed by atoms with Crippen molar-refractivity contribution in [2.75, 3.05) is 6.61 Å². The third-order valence-electron chi connectivity index (χ3n) is 3.67. The average molecular weight is 382 g/mol. The van der Waals surface area contributed by atoms with Gasteiger partial charge in [-0.1, -0.05) is 29.8 Å². The number of carbonyl (C=O) groups is 2. The van der Waals surface area contributed by atoms with Crippen LogP contribution in [0.25, 0.3) is 0 Å². The Balaban J connectivity index is 1.63. The van der Waals surface area contributed by atoms with E-state index in [-0.39, 0.29) is 5.69 Å². The predicted molar refractivity (Wildman–Crippen MR) is 100 cm³/mol. The van der Waals surface area contributed by atoms with Gasteiger partial charge < -0.3 is 9.30 Å². The van der Waals surface area contributed by atoms with E-state index in [1.165, 1.54) is 29.3 Å². The van der Waals surface area contributed by atoms with Gasteiger partial charge in [-0.2, -0.15) is 4.99 Å². The van der Waals surface area contributed by atoms with E-state index >= 15 is 0 Å². The Bertz CT molecular complexity index is 1000. The number of aryl methyl sites for hydroxylation is 2. The van der Waals surface area contributed by atoms with Crippen molar-refractivity contribution in [3.8, 4) is 0 Å². The monoisotopic (exact) mass is 382 g/mol. The Labute approximate surface area is 160 Å². The molecule has 7 nitrogen and oxygen atoms in total. The van der Waals surface area contributed by atoms with Crippen LogP contribution in [0, 0.1) is 13.8 Å². The fourth-order valence-electron chi connectivity index (χ4n) is 2.24. The molecule has 0 aliphatic rings. The lowest BCUT2D eigenvalue weighted by molar-refractivity contribution is -0.121. The van der Waals surface area contributed by atoms with Gasteiger partial charge in [0.1, 0.15) is 0 Å². The minimum atomic E-state index is -0.704. The highest BCUT2D eigenvalue weighted by Crippen LogP contribution is 2.05. The second kappa shape index (κ2) is 8.50. The van der Waals surface area contributed by atoms with E-state index in [9.17, 15) is 9.59 Å². The first-order chi connectivity index (χ1) is 13.0. The Morgan fingerprint density at radius 1 is 1.15 bits per heavy atom. The first kappa shape index (κ1) is 18.7. The number of amides is 1. The molecule has 2 aromatic heterocycles. The average Bonchev–Trinajstić information content (AvgIpc) is 3.09. The number of hydrogen-bond donors (Lipinski definition) is 0. The van der Waals surface area contributed by atoms with E-state index in [2.05, 4.69) is 15.0 Å². The molecule has 0 bridgehead atoms. The minimum absolute atomic E-state index is 0.0546. The number of carbonyl (C=O) groups excluding carboxylic acids is 2. The van der Waals surface area contributed by atoms with Gasteiger partial charge >= 0.3 is 5.97 Å². The molecule has 138 valence electrons. The number of ether oxygens (including phenoxy) is 1. The summed E-state index contributed by atoms with van der Waals surface area (Å²) >= 11 is 1.35. The van der Waals surface area contributed by atoms with E-state index in [0.29, 0.717) is 17.0 Å². The van der Waals surface area contributed by atoms with Crippen molar-refractivity contribution < 1.29 is 14.3 Å². The van der Waals surface area contributed by atoms with Gasteiger partial charge in [0.15, 0.2) is 17.1 Å². The summed E-state index contributed by atoms with van der Waals surface area (Å²) in [4.78, 5) is 36.4. The first-order valence-corrected chi connectivity index (χ1v) is 9.12. The quantitative estimate of drug-likeness (QED) is 0.632. The fourth-order valence-corrected chi connectivity index (χ4v) is 2.98. The zero-order valence-corrected chi connectivity index (χ0v) is 15.8. The Kier molecular flexibility index (Phi) is 5.87. The van der Waals surface area contributed by atoms with Crippen LogP contribution >= 0.6 is 11.3 Å². The van der Waals surface area contributed by atoms with E-state index in [4.69, 9.17) is 4.74 Å². The molecule has 0 saturated carbocycles. The largest absolute Gasteiger partial charge is 0.451 e. The summed E-state index contributed by atoms with van der Waals surface area (Å²) in [6.45, 7) is 3.95. The zero-order valence-electron chi connectivity index (χ0n) is 15.0. The Morgan fingerprint density at radius 2 is 1.93 bits per heavy atom. The molecule has 0 saturated heterocycles. The lowest BCUT2D eigenvalue weighted by Gasteiger charge is -2.04. The molecule has 8 heteroatoms. The number of esters is 1. The maximum Gasteiger partial charge on any atom is 0.359 e. The third kappa shape index (κ3) is 5.18. The molecule has 0 aliphatic carbocycles. The summed E-state index contributed by atoms with van der Waals surface area (Å²) in [7, 11) is 0. The second-order valence-electron chi connectivity index (χ2n) is 5.92. The van der Waals surface area contributed by atoms with Crippen LogP contribution in [0.4, 0.5) is 0 Å². The van der Waals surface area contributed by atoms with Crippen molar-refractivity contribution >= 4 is 23.2 Å².